The SMILES string of the molecule is CCOC1CC(CC(=O)Nc2ccc(C)cc2N)C1. The van der Waals surface area contributed by atoms with Crippen LogP contribution in [-0.2, 0) is 9.53 Å². The van der Waals surface area contributed by atoms with E-state index in [0.717, 1.165) is 25.0 Å². The molecular formula is C15H22N2O2. The van der Waals surface area contributed by atoms with Crippen molar-refractivity contribution in [2.24, 2.45) is 5.92 Å². The minimum Gasteiger partial charge on any atom is -0.397 e. The largest absolute Gasteiger partial charge is 0.397 e. The number of benzene rings is 1. The normalized spacial score (nSPS) is 21.8. The Bertz CT molecular complexity index is 453. The zero-order valence-corrected chi connectivity index (χ0v) is 11.6. The van der Waals surface area contributed by atoms with Gasteiger partial charge < -0.3 is 15.8 Å². The maximum atomic E-state index is 11.9. The molecular weight excluding hydrogens is 240 g/mol. The number of hydrogen-bond donors (Lipinski definition) is 2. The maximum Gasteiger partial charge on any atom is 0.224 e. The van der Waals surface area contributed by atoms with E-state index >= 15 is 0 Å². The molecule has 3 N–H and O–H groups in total. The van der Waals surface area contributed by atoms with Crippen molar-refractivity contribution < 1.29 is 9.53 Å². The van der Waals surface area contributed by atoms with Gasteiger partial charge in [-0.15, -0.1) is 0 Å². The van der Waals surface area contributed by atoms with E-state index in [0.29, 0.717) is 29.8 Å². The molecule has 0 aromatic heterocycles. The zero-order valence-electron chi connectivity index (χ0n) is 11.6. The molecule has 0 spiro atoms. The van der Waals surface area contributed by atoms with E-state index in [1.165, 1.54) is 0 Å². The molecule has 0 unspecified atom stereocenters. The fraction of sp³-hybridized carbons (Fsp3) is 0.533. The van der Waals surface area contributed by atoms with Gasteiger partial charge >= 0.3 is 0 Å². The summed E-state index contributed by atoms with van der Waals surface area (Å²) in [5.41, 5.74) is 8.29. The standard InChI is InChI=1S/C15H22N2O2/c1-3-19-12-7-11(8-12)9-15(18)17-14-5-4-10(2)6-13(14)16/h4-6,11-12H,3,7-9,16H2,1-2H3,(H,17,18). The summed E-state index contributed by atoms with van der Waals surface area (Å²) in [4.78, 5) is 11.9. The summed E-state index contributed by atoms with van der Waals surface area (Å²) in [6, 6.07) is 5.66. The van der Waals surface area contributed by atoms with Crippen LogP contribution >= 0.6 is 0 Å². The Balaban J connectivity index is 1.79. The van der Waals surface area contributed by atoms with Crippen LogP contribution in [0.5, 0.6) is 0 Å². The highest BCUT2D eigenvalue weighted by atomic mass is 16.5. The average molecular weight is 262 g/mol. The van der Waals surface area contributed by atoms with Crippen LogP contribution in [0.15, 0.2) is 18.2 Å². The lowest BCUT2D eigenvalue weighted by molar-refractivity contribution is -0.119. The van der Waals surface area contributed by atoms with Gasteiger partial charge in [-0.3, -0.25) is 4.79 Å². The second kappa shape index (κ2) is 6.06. The van der Waals surface area contributed by atoms with Crippen molar-refractivity contribution in [2.45, 2.75) is 39.2 Å². The highest BCUT2D eigenvalue weighted by Gasteiger charge is 2.31. The molecule has 1 aliphatic rings. The molecule has 0 bridgehead atoms. The fourth-order valence-corrected chi connectivity index (χ4v) is 2.47. The summed E-state index contributed by atoms with van der Waals surface area (Å²) in [5.74, 6) is 0.485. The summed E-state index contributed by atoms with van der Waals surface area (Å²) >= 11 is 0. The van der Waals surface area contributed by atoms with Gasteiger partial charge in [0.2, 0.25) is 5.91 Å². The van der Waals surface area contributed by atoms with E-state index in [1.54, 1.807) is 0 Å². The summed E-state index contributed by atoms with van der Waals surface area (Å²) in [6.07, 6.45) is 2.89. The molecule has 1 aromatic rings. The summed E-state index contributed by atoms with van der Waals surface area (Å²) in [6.45, 7) is 4.73. The van der Waals surface area contributed by atoms with E-state index in [4.69, 9.17) is 10.5 Å². The van der Waals surface area contributed by atoms with E-state index in [-0.39, 0.29) is 5.91 Å². The maximum absolute atomic E-state index is 11.9. The molecule has 1 aromatic carbocycles. The number of aryl methyl sites for hydroxylation is 1. The van der Waals surface area contributed by atoms with E-state index in [2.05, 4.69) is 5.32 Å². The van der Waals surface area contributed by atoms with Crippen molar-refractivity contribution in [3.63, 3.8) is 0 Å². The second-order valence-corrected chi connectivity index (χ2v) is 5.26. The van der Waals surface area contributed by atoms with E-state index < -0.39 is 0 Å². The summed E-state index contributed by atoms with van der Waals surface area (Å²) in [7, 11) is 0. The average Bonchev–Trinajstić information content (AvgIpc) is 2.30. The number of nitrogen functional groups attached to an aromatic ring is 1. The van der Waals surface area contributed by atoms with Crippen LogP contribution in [-0.4, -0.2) is 18.6 Å². The van der Waals surface area contributed by atoms with Gasteiger partial charge in [0.05, 0.1) is 17.5 Å². The third-order valence-electron chi connectivity index (χ3n) is 3.55. The monoisotopic (exact) mass is 262 g/mol. The number of amides is 1. The summed E-state index contributed by atoms with van der Waals surface area (Å²) < 4.78 is 5.49. The van der Waals surface area contributed by atoms with Gasteiger partial charge in [0.25, 0.3) is 0 Å². The molecule has 0 saturated heterocycles. The number of rotatable bonds is 5. The minimum absolute atomic E-state index is 0.0375. The number of carbonyl (C=O) groups excluding carboxylic acids is 1. The Morgan fingerprint density at radius 2 is 2.21 bits per heavy atom. The first-order valence-corrected chi connectivity index (χ1v) is 6.86. The Hall–Kier alpha value is -1.55. The molecule has 0 aliphatic heterocycles. The molecule has 1 amide bonds. The van der Waals surface area contributed by atoms with Crippen molar-refractivity contribution in [2.75, 3.05) is 17.7 Å². The molecule has 0 heterocycles. The molecule has 0 atom stereocenters. The lowest BCUT2D eigenvalue weighted by atomic mass is 9.80. The van der Waals surface area contributed by atoms with Gasteiger partial charge in [-0.2, -0.15) is 0 Å². The Morgan fingerprint density at radius 3 is 2.84 bits per heavy atom. The molecule has 19 heavy (non-hydrogen) atoms. The van der Waals surface area contributed by atoms with E-state index in [9.17, 15) is 4.79 Å². The van der Waals surface area contributed by atoms with Gasteiger partial charge in [-0.25, -0.2) is 0 Å². The van der Waals surface area contributed by atoms with Crippen LogP contribution in [0.4, 0.5) is 11.4 Å². The van der Waals surface area contributed by atoms with Crippen LogP contribution in [0, 0.1) is 12.8 Å². The Kier molecular flexibility index (Phi) is 4.43. The highest BCUT2D eigenvalue weighted by Crippen LogP contribution is 2.33. The minimum atomic E-state index is 0.0375. The van der Waals surface area contributed by atoms with Crippen LogP contribution in [0.1, 0.15) is 31.7 Å². The molecule has 1 aliphatic carbocycles. The predicted octanol–water partition coefficient (Wildman–Crippen LogP) is 2.72. The third kappa shape index (κ3) is 3.70. The number of anilines is 2. The number of nitrogens with one attached hydrogen (secondary N) is 1. The lowest BCUT2D eigenvalue weighted by Gasteiger charge is -2.34. The van der Waals surface area contributed by atoms with Crippen LogP contribution in [0.25, 0.3) is 0 Å². The van der Waals surface area contributed by atoms with Crippen molar-refractivity contribution in [3.8, 4) is 0 Å². The Morgan fingerprint density at radius 1 is 1.47 bits per heavy atom. The summed E-state index contributed by atoms with van der Waals surface area (Å²) in [5, 5.41) is 2.88. The van der Waals surface area contributed by atoms with Crippen LogP contribution in [0.3, 0.4) is 0 Å². The highest BCUT2D eigenvalue weighted by molar-refractivity contribution is 5.94. The lowest BCUT2D eigenvalue weighted by Crippen LogP contribution is -2.33. The van der Waals surface area contributed by atoms with Crippen LogP contribution in [0.2, 0.25) is 0 Å². The molecule has 1 saturated carbocycles. The second-order valence-electron chi connectivity index (χ2n) is 5.26. The first-order chi connectivity index (χ1) is 9.08. The van der Waals surface area contributed by atoms with Gasteiger partial charge in [-0.1, -0.05) is 6.07 Å². The molecule has 0 radical (unpaired) electrons. The molecule has 4 heteroatoms. The van der Waals surface area contributed by atoms with Gasteiger partial charge in [0.15, 0.2) is 0 Å². The smallest absolute Gasteiger partial charge is 0.224 e. The number of ether oxygens (including phenoxy) is 1. The fourth-order valence-electron chi connectivity index (χ4n) is 2.47. The van der Waals surface area contributed by atoms with Crippen molar-refractivity contribution in [1.29, 1.82) is 0 Å². The number of hydrogen-bond acceptors (Lipinski definition) is 3. The molecule has 104 valence electrons. The van der Waals surface area contributed by atoms with Gasteiger partial charge in [-0.05, 0) is 50.3 Å². The first-order valence-electron chi connectivity index (χ1n) is 6.86. The molecule has 4 nitrogen and oxygen atoms in total. The predicted molar refractivity (Wildman–Crippen MR) is 77.0 cm³/mol. The first kappa shape index (κ1) is 13.9. The molecule has 1 fully saturated rings. The number of nitrogens with two attached hydrogens (primary N) is 1. The quantitative estimate of drug-likeness (QED) is 0.802. The third-order valence-corrected chi connectivity index (χ3v) is 3.55. The topological polar surface area (TPSA) is 64.3 Å². The zero-order chi connectivity index (χ0) is 13.8. The van der Waals surface area contributed by atoms with Crippen molar-refractivity contribution >= 4 is 17.3 Å². The van der Waals surface area contributed by atoms with Crippen molar-refractivity contribution in [3.05, 3.63) is 23.8 Å². The van der Waals surface area contributed by atoms with Gasteiger partial charge in [0.1, 0.15) is 0 Å². The van der Waals surface area contributed by atoms with Crippen LogP contribution < -0.4 is 11.1 Å². The Labute approximate surface area is 114 Å². The molecule has 2 rings (SSSR count). The van der Waals surface area contributed by atoms with E-state index in [1.807, 2.05) is 32.0 Å². The number of carbonyl (C=O) groups is 1. The van der Waals surface area contributed by atoms with Crippen molar-refractivity contribution in [1.82, 2.24) is 0 Å². The van der Waals surface area contributed by atoms with Gasteiger partial charge in [0, 0.05) is 13.0 Å².